The number of hydrogen-bond acceptors (Lipinski definition) is 4. The number of methoxy groups -OCH3 is 1. The Balaban J connectivity index is 1.91. The van der Waals surface area contributed by atoms with Crippen molar-refractivity contribution in [1.29, 1.82) is 0 Å². The van der Waals surface area contributed by atoms with Crippen LogP contribution < -0.4 is 10.1 Å². The zero-order valence-corrected chi connectivity index (χ0v) is 14.8. The van der Waals surface area contributed by atoms with E-state index in [-0.39, 0.29) is 11.9 Å². The van der Waals surface area contributed by atoms with E-state index in [2.05, 4.69) is 5.32 Å². The average molecular weight is 356 g/mol. The highest BCUT2D eigenvalue weighted by atomic mass is 35.5. The summed E-state index contributed by atoms with van der Waals surface area (Å²) in [5, 5.41) is 4.09. The lowest BCUT2D eigenvalue weighted by Crippen LogP contribution is -2.53. The number of allylic oxidation sites excluding steroid dienone is 1. The second-order valence-electron chi connectivity index (χ2n) is 6.39. The van der Waals surface area contributed by atoms with Crippen LogP contribution in [0.1, 0.15) is 30.4 Å². The van der Waals surface area contributed by atoms with Crippen LogP contribution >= 0.6 is 11.6 Å². The first-order chi connectivity index (χ1) is 12.0. The zero-order valence-electron chi connectivity index (χ0n) is 14.0. The first kappa shape index (κ1) is 16.0. The van der Waals surface area contributed by atoms with Gasteiger partial charge in [0.2, 0.25) is 5.72 Å². The van der Waals surface area contributed by atoms with Crippen LogP contribution in [0.2, 0.25) is 5.02 Å². The molecule has 2 aliphatic rings. The van der Waals surface area contributed by atoms with Crippen LogP contribution in [0.4, 0.5) is 0 Å². The van der Waals surface area contributed by atoms with Gasteiger partial charge in [-0.25, -0.2) is 4.79 Å². The molecule has 0 amide bonds. The summed E-state index contributed by atoms with van der Waals surface area (Å²) in [5.74, 6) is 0.376. The number of carbonyl (C=O) groups excluding carboxylic acids is 1. The minimum Gasteiger partial charge on any atom is -0.466 e. The molecule has 0 aliphatic carbocycles. The topological polar surface area (TPSA) is 47.6 Å². The van der Waals surface area contributed by atoms with Gasteiger partial charge in [-0.05, 0) is 25.1 Å². The van der Waals surface area contributed by atoms with E-state index in [1.807, 2.05) is 55.5 Å². The molecule has 0 saturated heterocycles. The van der Waals surface area contributed by atoms with Gasteiger partial charge in [0.25, 0.3) is 0 Å². The molecule has 1 N–H and O–H groups in total. The van der Waals surface area contributed by atoms with Crippen LogP contribution in [0, 0.1) is 0 Å². The van der Waals surface area contributed by atoms with E-state index in [9.17, 15) is 4.79 Å². The molecule has 2 bridgehead atoms. The van der Waals surface area contributed by atoms with Crippen molar-refractivity contribution in [2.24, 2.45) is 0 Å². The lowest BCUT2D eigenvalue weighted by molar-refractivity contribution is -0.137. The molecule has 0 saturated carbocycles. The summed E-state index contributed by atoms with van der Waals surface area (Å²) in [5.41, 5.74) is 2.67. The van der Waals surface area contributed by atoms with Crippen molar-refractivity contribution in [3.05, 3.63) is 76.0 Å². The molecular weight excluding hydrogens is 338 g/mol. The van der Waals surface area contributed by atoms with Crippen molar-refractivity contribution in [1.82, 2.24) is 5.32 Å². The Kier molecular flexibility index (Phi) is 3.73. The first-order valence-corrected chi connectivity index (χ1v) is 8.53. The van der Waals surface area contributed by atoms with E-state index in [1.54, 1.807) is 0 Å². The SMILES string of the molecule is COC(=O)C1=C(C)NC2(c3ccc(Cl)cc3)CC1c1ccccc1O2. The molecule has 0 fully saturated rings. The summed E-state index contributed by atoms with van der Waals surface area (Å²) in [4.78, 5) is 12.4. The smallest absolute Gasteiger partial charge is 0.336 e. The van der Waals surface area contributed by atoms with Crippen molar-refractivity contribution in [2.45, 2.75) is 25.0 Å². The molecule has 2 aromatic carbocycles. The number of hydrogen-bond donors (Lipinski definition) is 1. The van der Waals surface area contributed by atoms with Gasteiger partial charge >= 0.3 is 5.97 Å². The van der Waals surface area contributed by atoms with E-state index in [0.717, 1.165) is 22.6 Å². The third-order valence-corrected chi connectivity index (χ3v) is 5.18. The van der Waals surface area contributed by atoms with Crippen molar-refractivity contribution in [2.75, 3.05) is 7.11 Å². The standard InChI is InChI=1S/C20H18ClNO3/c1-12-18(19(23)24-2)16-11-20(22-12,13-7-9-14(21)10-8-13)25-17-6-4-3-5-15(16)17/h3-10,16,22H,11H2,1-2H3. The van der Waals surface area contributed by atoms with E-state index in [1.165, 1.54) is 7.11 Å². The van der Waals surface area contributed by atoms with Gasteiger partial charge in [-0.1, -0.05) is 41.9 Å². The van der Waals surface area contributed by atoms with Gasteiger partial charge < -0.3 is 14.8 Å². The molecule has 5 heteroatoms. The molecule has 25 heavy (non-hydrogen) atoms. The summed E-state index contributed by atoms with van der Waals surface area (Å²) in [6.45, 7) is 1.89. The monoisotopic (exact) mass is 355 g/mol. The number of para-hydroxylation sites is 1. The molecule has 0 aromatic heterocycles. The lowest BCUT2D eigenvalue weighted by atomic mass is 9.76. The van der Waals surface area contributed by atoms with Gasteiger partial charge in [0.15, 0.2) is 0 Å². The van der Waals surface area contributed by atoms with Crippen molar-refractivity contribution >= 4 is 17.6 Å². The van der Waals surface area contributed by atoms with E-state index < -0.39 is 5.72 Å². The van der Waals surface area contributed by atoms with Gasteiger partial charge in [-0.3, -0.25) is 0 Å². The highest BCUT2D eigenvalue weighted by Crippen LogP contribution is 2.51. The molecule has 128 valence electrons. The number of fused-ring (bicyclic) bond motifs is 4. The fraction of sp³-hybridized carbons (Fsp3) is 0.250. The normalized spacial score (nSPS) is 24.0. The highest BCUT2D eigenvalue weighted by molar-refractivity contribution is 6.30. The molecule has 0 radical (unpaired) electrons. The Hall–Kier alpha value is -2.46. The molecule has 2 unspecified atom stereocenters. The Bertz CT molecular complexity index is 875. The number of rotatable bonds is 2. The predicted molar refractivity (Wildman–Crippen MR) is 95.4 cm³/mol. The fourth-order valence-corrected chi connectivity index (χ4v) is 3.95. The van der Waals surface area contributed by atoms with E-state index in [0.29, 0.717) is 17.0 Å². The summed E-state index contributed by atoms with van der Waals surface area (Å²) < 4.78 is 11.4. The number of carbonyl (C=O) groups is 1. The largest absolute Gasteiger partial charge is 0.466 e. The Labute approximate surface area is 151 Å². The van der Waals surface area contributed by atoms with E-state index >= 15 is 0 Å². The molecular formula is C20H18ClNO3. The van der Waals surface area contributed by atoms with Gasteiger partial charge in [-0.15, -0.1) is 0 Å². The average Bonchev–Trinajstić information content (AvgIpc) is 2.61. The van der Waals surface area contributed by atoms with Crippen LogP contribution in [-0.2, 0) is 15.3 Å². The number of nitrogens with one attached hydrogen (secondary N) is 1. The van der Waals surface area contributed by atoms with Crippen LogP contribution in [0.15, 0.2) is 59.8 Å². The van der Waals surface area contributed by atoms with Crippen LogP contribution in [0.3, 0.4) is 0 Å². The molecule has 2 aliphatic heterocycles. The molecule has 2 aromatic rings. The Morgan fingerprint density at radius 1 is 1.24 bits per heavy atom. The summed E-state index contributed by atoms with van der Waals surface area (Å²) in [6.07, 6.45) is 0.605. The predicted octanol–water partition coefficient (Wildman–Crippen LogP) is 4.11. The summed E-state index contributed by atoms with van der Waals surface area (Å²) in [6, 6.07) is 15.4. The number of ether oxygens (including phenoxy) is 2. The summed E-state index contributed by atoms with van der Waals surface area (Å²) in [7, 11) is 1.41. The van der Waals surface area contributed by atoms with Gasteiger partial charge in [0.1, 0.15) is 5.75 Å². The second kappa shape index (κ2) is 5.81. The van der Waals surface area contributed by atoms with Crippen molar-refractivity contribution < 1.29 is 14.3 Å². The fourth-order valence-electron chi connectivity index (χ4n) is 3.83. The van der Waals surface area contributed by atoms with Crippen LogP contribution in [0.5, 0.6) is 5.75 Å². The maximum Gasteiger partial charge on any atom is 0.336 e. The highest BCUT2D eigenvalue weighted by Gasteiger charge is 2.49. The molecule has 4 nitrogen and oxygen atoms in total. The first-order valence-electron chi connectivity index (χ1n) is 8.15. The van der Waals surface area contributed by atoms with Gasteiger partial charge in [0.05, 0.1) is 12.7 Å². The van der Waals surface area contributed by atoms with E-state index in [4.69, 9.17) is 21.1 Å². The lowest BCUT2D eigenvalue weighted by Gasteiger charge is -2.47. The van der Waals surface area contributed by atoms with Gasteiger partial charge in [-0.2, -0.15) is 0 Å². The van der Waals surface area contributed by atoms with Gasteiger partial charge in [0, 0.05) is 34.2 Å². The third-order valence-electron chi connectivity index (χ3n) is 4.93. The second-order valence-corrected chi connectivity index (χ2v) is 6.82. The molecule has 2 heterocycles. The Morgan fingerprint density at radius 3 is 2.68 bits per heavy atom. The number of halogens is 1. The molecule has 0 spiro atoms. The minimum atomic E-state index is -0.731. The molecule has 4 rings (SSSR count). The maximum absolute atomic E-state index is 12.4. The third kappa shape index (κ3) is 2.48. The minimum absolute atomic E-state index is 0.0886. The molecule has 2 atom stereocenters. The quantitative estimate of drug-likeness (QED) is 0.823. The van der Waals surface area contributed by atoms with Crippen LogP contribution in [0.25, 0.3) is 0 Å². The van der Waals surface area contributed by atoms with Crippen LogP contribution in [-0.4, -0.2) is 13.1 Å². The number of benzene rings is 2. The summed E-state index contributed by atoms with van der Waals surface area (Å²) >= 11 is 6.04. The maximum atomic E-state index is 12.4. The van der Waals surface area contributed by atoms with Crippen molar-refractivity contribution in [3.8, 4) is 5.75 Å². The van der Waals surface area contributed by atoms with Crippen molar-refractivity contribution in [3.63, 3.8) is 0 Å². The zero-order chi connectivity index (χ0) is 17.6. The Morgan fingerprint density at radius 2 is 1.96 bits per heavy atom. The number of esters is 1.